The van der Waals surface area contributed by atoms with Crippen molar-refractivity contribution in [2.45, 2.75) is 12.8 Å². The highest BCUT2D eigenvalue weighted by Crippen LogP contribution is 2.32. The molecule has 0 aliphatic rings. The second-order valence-corrected chi connectivity index (χ2v) is 4.39. The van der Waals surface area contributed by atoms with Gasteiger partial charge in [0, 0.05) is 12.5 Å². The van der Waals surface area contributed by atoms with E-state index in [0.29, 0.717) is 17.6 Å². The number of nitrogens with zero attached hydrogens (tertiary/aromatic N) is 1. The van der Waals surface area contributed by atoms with E-state index >= 15 is 0 Å². The molecule has 104 valence electrons. The number of hydrogen-bond donors (Lipinski definition) is 1. The van der Waals surface area contributed by atoms with Crippen molar-refractivity contribution >= 4 is 22.4 Å². The van der Waals surface area contributed by atoms with Crippen LogP contribution in [0.25, 0.3) is 10.8 Å². The van der Waals surface area contributed by atoms with Crippen LogP contribution < -0.4 is 10.5 Å². The Morgan fingerprint density at radius 1 is 1.40 bits per heavy atom. The Labute approximate surface area is 115 Å². The minimum Gasteiger partial charge on any atom is -0.496 e. The SMILES string of the molecule is COc1cc2cccc([N+](=O)[O-])c2cc1CCC(N)=O. The molecule has 2 aromatic carbocycles. The van der Waals surface area contributed by atoms with Gasteiger partial charge in [0.2, 0.25) is 5.91 Å². The summed E-state index contributed by atoms with van der Waals surface area (Å²) in [6.45, 7) is 0. The first-order chi connectivity index (χ1) is 9.52. The number of methoxy groups -OCH3 is 1. The van der Waals surface area contributed by atoms with Gasteiger partial charge in [-0.3, -0.25) is 14.9 Å². The fraction of sp³-hybridized carbons (Fsp3) is 0.214. The van der Waals surface area contributed by atoms with E-state index in [1.165, 1.54) is 13.2 Å². The van der Waals surface area contributed by atoms with Crippen LogP contribution in [0, 0.1) is 10.1 Å². The van der Waals surface area contributed by atoms with Gasteiger partial charge in [0.15, 0.2) is 0 Å². The molecule has 0 atom stereocenters. The van der Waals surface area contributed by atoms with Crippen LogP contribution in [0.5, 0.6) is 5.75 Å². The first-order valence-corrected chi connectivity index (χ1v) is 6.05. The molecule has 2 N–H and O–H groups in total. The van der Waals surface area contributed by atoms with Gasteiger partial charge in [-0.05, 0) is 29.5 Å². The minimum atomic E-state index is -0.424. The number of primary amides is 1. The Morgan fingerprint density at radius 2 is 2.15 bits per heavy atom. The summed E-state index contributed by atoms with van der Waals surface area (Å²) in [5, 5.41) is 12.3. The second kappa shape index (κ2) is 5.56. The molecule has 6 nitrogen and oxygen atoms in total. The molecule has 0 saturated carbocycles. The standard InChI is InChI=1S/C14H14N2O4/c1-20-13-8-9-3-2-4-12(16(18)19)11(9)7-10(13)5-6-14(15)17/h2-4,7-8H,5-6H2,1H3,(H2,15,17). The molecule has 0 bridgehead atoms. The van der Waals surface area contributed by atoms with Crippen molar-refractivity contribution in [1.82, 2.24) is 0 Å². The van der Waals surface area contributed by atoms with Crippen LogP contribution in [-0.4, -0.2) is 17.9 Å². The molecule has 2 aromatic rings. The Morgan fingerprint density at radius 3 is 2.75 bits per heavy atom. The summed E-state index contributed by atoms with van der Waals surface area (Å²) in [6.07, 6.45) is 0.559. The monoisotopic (exact) mass is 274 g/mol. The first kappa shape index (κ1) is 13.8. The minimum absolute atomic E-state index is 0.0329. The van der Waals surface area contributed by atoms with Crippen molar-refractivity contribution in [3.05, 3.63) is 46.0 Å². The highest BCUT2D eigenvalue weighted by atomic mass is 16.6. The maximum Gasteiger partial charge on any atom is 0.277 e. The van der Waals surface area contributed by atoms with Crippen molar-refractivity contribution in [2.24, 2.45) is 5.73 Å². The van der Waals surface area contributed by atoms with E-state index in [-0.39, 0.29) is 12.1 Å². The number of hydrogen-bond acceptors (Lipinski definition) is 4. The highest BCUT2D eigenvalue weighted by Gasteiger charge is 2.14. The average molecular weight is 274 g/mol. The topological polar surface area (TPSA) is 95.5 Å². The van der Waals surface area contributed by atoms with Crippen LogP contribution in [-0.2, 0) is 11.2 Å². The average Bonchev–Trinajstić information content (AvgIpc) is 2.42. The summed E-state index contributed by atoms with van der Waals surface area (Å²) in [4.78, 5) is 21.5. The smallest absolute Gasteiger partial charge is 0.277 e. The number of nitro groups is 1. The molecule has 0 aromatic heterocycles. The number of rotatable bonds is 5. The maximum atomic E-state index is 11.0. The third kappa shape index (κ3) is 2.69. The van der Waals surface area contributed by atoms with Crippen molar-refractivity contribution < 1.29 is 14.5 Å². The van der Waals surface area contributed by atoms with E-state index in [2.05, 4.69) is 0 Å². The van der Waals surface area contributed by atoms with Crippen molar-refractivity contribution in [3.63, 3.8) is 0 Å². The predicted molar refractivity (Wildman–Crippen MR) is 74.7 cm³/mol. The number of aryl methyl sites for hydroxylation is 1. The summed E-state index contributed by atoms with van der Waals surface area (Å²) < 4.78 is 5.26. The van der Waals surface area contributed by atoms with E-state index in [0.717, 1.165) is 10.9 Å². The molecule has 0 fully saturated rings. The van der Waals surface area contributed by atoms with E-state index in [1.807, 2.05) is 0 Å². The zero-order valence-corrected chi connectivity index (χ0v) is 11.0. The summed E-state index contributed by atoms with van der Waals surface area (Å²) in [5.74, 6) is 0.175. The molecule has 2 rings (SSSR count). The van der Waals surface area contributed by atoms with Crippen LogP contribution in [0.15, 0.2) is 30.3 Å². The van der Waals surface area contributed by atoms with Gasteiger partial charge in [0.05, 0.1) is 17.4 Å². The van der Waals surface area contributed by atoms with Crippen LogP contribution in [0.2, 0.25) is 0 Å². The number of benzene rings is 2. The summed E-state index contributed by atoms with van der Waals surface area (Å²) in [7, 11) is 1.52. The normalized spacial score (nSPS) is 10.4. The lowest BCUT2D eigenvalue weighted by Crippen LogP contribution is -2.11. The number of amides is 1. The van der Waals surface area contributed by atoms with Gasteiger partial charge in [-0.2, -0.15) is 0 Å². The van der Waals surface area contributed by atoms with Crippen LogP contribution in [0.4, 0.5) is 5.69 Å². The van der Waals surface area contributed by atoms with Crippen LogP contribution in [0.3, 0.4) is 0 Å². The molecule has 0 radical (unpaired) electrons. The first-order valence-electron chi connectivity index (χ1n) is 6.05. The Balaban J connectivity index is 2.58. The molecular formula is C14H14N2O4. The number of nitrogens with two attached hydrogens (primary N) is 1. The van der Waals surface area contributed by atoms with Gasteiger partial charge in [-0.1, -0.05) is 12.1 Å². The number of non-ortho nitro benzene ring substituents is 1. The molecular weight excluding hydrogens is 260 g/mol. The van der Waals surface area contributed by atoms with Gasteiger partial charge in [0.25, 0.3) is 5.69 Å². The molecule has 0 aliphatic carbocycles. The third-order valence-corrected chi connectivity index (χ3v) is 3.10. The van der Waals surface area contributed by atoms with Crippen molar-refractivity contribution in [1.29, 1.82) is 0 Å². The highest BCUT2D eigenvalue weighted by molar-refractivity contribution is 5.92. The predicted octanol–water partition coefficient (Wildman–Crippen LogP) is 2.17. The fourth-order valence-electron chi connectivity index (χ4n) is 2.14. The van der Waals surface area contributed by atoms with Crippen molar-refractivity contribution in [2.75, 3.05) is 7.11 Å². The summed E-state index contributed by atoms with van der Waals surface area (Å²) in [5.41, 5.74) is 5.90. The molecule has 0 heterocycles. The molecule has 6 heteroatoms. The summed E-state index contributed by atoms with van der Waals surface area (Å²) >= 11 is 0. The van der Waals surface area contributed by atoms with E-state index in [9.17, 15) is 14.9 Å². The summed E-state index contributed by atoms with van der Waals surface area (Å²) in [6, 6.07) is 8.28. The quantitative estimate of drug-likeness (QED) is 0.667. The number of carbonyl (C=O) groups is 1. The lowest BCUT2D eigenvalue weighted by Gasteiger charge is -2.10. The lowest BCUT2D eigenvalue weighted by molar-refractivity contribution is -0.383. The Bertz CT molecular complexity index is 682. The molecule has 20 heavy (non-hydrogen) atoms. The zero-order valence-electron chi connectivity index (χ0n) is 11.0. The van der Waals surface area contributed by atoms with E-state index in [1.54, 1.807) is 24.3 Å². The number of nitro benzene ring substituents is 1. The zero-order chi connectivity index (χ0) is 14.7. The molecule has 0 saturated heterocycles. The Hall–Kier alpha value is -2.63. The van der Waals surface area contributed by atoms with E-state index in [4.69, 9.17) is 10.5 Å². The van der Waals surface area contributed by atoms with Gasteiger partial charge in [-0.25, -0.2) is 0 Å². The van der Waals surface area contributed by atoms with Gasteiger partial charge < -0.3 is 10.5 Å². The van der Waals surface area contributed by atoms with Crippen molar-refractivity contribution in [3.8, 4) is 5.75 Å². The maximum absolute atomic E-state index is 11.0. The molecule has 0 aliphatic heterocycles. The Kier molecular flexibility index (Phi) is 3.84. The molecule has 0 spiro atoms. The second-order valence-electron chi connectivity index (χ2n) is 4.39. The van der Waals surface area contributed by atoms with Gasteiger partial charge in [-0.15, -0.1) is 0 Å². The molecule has 1 amide bonds. The van der Waals surface area contributed by atoms with Gasteiger partial charge >= 0.3 is 0 Å². The third-order valence-electron chi connectivity index (χ3n) is 3.10. The lowest BCUT2D eigenvalue weighted by atomic mass is 10.0. The largest absolute Gasteiger partial charge is 0.496 e. The van der Waals surface area contributed by atoms with Gasteiger partial charge in [0.1, 0.15) is 5.75 Å². The number of fused-ring (bicyclic) bond motifs is 1. The van der Waals surface area contributed by atoms with Crippen LogP contribution >= 0.6 is 0 Å². The number of carbonyl (C=O) groups excluding carboxylic acids is 1. The number of ether oxygens (including phenoxy) is 1. The fourth-order valence-corrected chi connectivity index (χ4v) is 2.14. The van der Waals surface area contributed by atoms with Crippen LogP contribution in [0.1, 0.15) is 12.0 Å². The molecule has 0 unspecified atom stereocenters. The van der Waals surface area contributed by atoms with E-state index < -0.39 is 10.8 Å².